The van der Waals surface area contributed by atoms with Gasteiger partial charge in [0.25, 0.3) is 0 Å². The van der Waals surface area contributed by atoms with Gasteiger partial charge in [-0.15, -0.1) is 0 Å². The molecule has 2 rings (SSSR count). The number of furan rings is 1. The first-order chi connectivity index (χ1) is 9.56. The third-order valence-electron chi connectivity index (χ3n) is 3.26. The summed E-state index contributed by atoms with van der Waals surface area (Å²) in [6.45, 7) is 6.60. The zero-order valence-corrected chi connectivity index (χ0v) is 13.9. The smallest absolute Gasteiger partial charge is 0.124 e. The summed E-state index contributed by atoms with van der Waals surface area (Å²) >= 11 is 3.53. The van der Waals surface area contributed by atoms with E-state index in [1.807, 2.05) is 40.0 Å². The summed E-state index contributed by atoms with van der Waals surface area (Å²) in [4.78, 5) is 0. The first kappa shape index (κ1) is 15.1. The first-order valence-corrected chi connectivity index (χ1v) is 7.52. The van der Waals surface area contributed by atoms with Crippen LogP contribution in [0.3, 0.4) is 0 Å². The van der Waals surface area contributed by atoms with Crippen molar-refractivity contribution >= 4 is 15.9 Å². The van der Waals surface area contributed by atoms with Gasteiger partial charge in [0, 0.05) is 15.6 Å². The predicted molar refractivity (Wildman–Crippen MR) is 84.4 cm³/mol. The quantitative estimate of drug-likeness (QED) is 0.879. The molecule has 1 aromatic carbocycles. The molecule has 0 aliphatic heterocycles. The molecule has 20 heavy (non-hydrogen) atoms. The molecule has 0 fully saturated rings. The molecular formula is C16H20BrNO2. The molecule has 1 aromatic heterocycles. The summed E-state index contributed by atoms with van der Waals surface area (Å²) in [6, 6.07) is 8.21. The molecule has 3 nitrogen and oxygen atoms in total. The number of hydrogen-bond donors (Lipinski definition) is 1. The summed E-state index contributed by atoms with van der Waals surface area (Å²) in [5.41, 5.74) is 2.25. The van der Waals surface area contributed by atoms with Crippen LogP contribution in [-0.2, 0) is 0 Å². The Morgan fingerprint density at radius 2 is 2.00 bits per heavy atom. The van der Waals surface area contributed by atoms with Crippen LogP contribution in [0, 0.1) is 13.8 Å². The maximum atomic E-state index is 5.75. The second-order valence-corrected chi connectivity index (χ2v) is 5.62. The van der Waals surface area contributed by atoms with E-state index in [4.69, 9.17) is 9.15 Å². The third kappa shape index (κ3) is 3.07. The van der Waals surface area contributed by atoms with Crippen LogP contribution < -0.4 is 10.1 Å². The number of hydrogen-bond acceptors (Lipinski definition) is 3. The highest BCUT2D eigenvalue weighted by Crippen LogP contribution is 2.34. The van der Waals surface area contributed by atoms with Gasteiger partial charge in [-0.3, -0.25) is 0 Å². The molecule has 2 aromatic rings. The molecule has 4 heteroatoms. The van der Waals surface area contributed by atoms with Gasteiger partial charge in [0.1, 0.15) is 17.3 Å². The monoisotopic (exact) mass is 337 g/mol. The SMILES string of the molecule is CCOc1ccc(Br)cc1C(NC)c1cc(C)oc1C. The Bertz CT molecular complexity index is 592. The van der Waals surface area contributed by atoms with E-state index in [0.29, 0.717) is 6.61 Å². The number of halogens is 1. The molecule has 0 radical (unpaired) electrons. The number of nitrogens with one attached hydrogen (secondary N) is 1. The maximum Gasteiger partial charge on any atom is 0.124 e. The third-order valence-corrected chi connectivity index (χ3v) is 3.75. The number of benzene rings is 1. The normalized spacial score (nSPS) is 12.4. The first-order valence-electron chi connectivity index (χ1n) is 6.73. The fourth-order valence-electron chi connectivity index (χ4n) is 2.45. The van der Waals surface area contributed by atoms with Gasteiger partial charge in [-0.1, -0.05) is 15.9 Å². The van der Waals surface area contributed by atoms with E-state index >= 15 is 0 Å². The second kappa shape index (κ2) is 6.46. The lowest BCUT2D eigenvalue weighted by Crippen LogP contribution is -2.19. The molecule has 0 aliphatic carbocycles. The van der Waals surface area contributed by atoms with Crippen LogP contribution in [0.15, 0.2) is 33.2 Å². The van der Waals surface area contributed by atoms with Crippen LogP contribution in [-0.4, -0.2) is 13.7 Å². The van der Waals surface area contributed by atoms with Crippen molar-refractivity contribution in [1.82, 2.24) is 5.32 Å². The minimum absolute atomic E-state index is 0.0477. The summed E-state index contributed by atoms with van der Waals surface area (Å²) in [5.74, 6) is 2.75. The molecule has 0 spiro atoms. The van der Waals surface area contributed by atoms with Gasteiger partial charge in [0.2, 0.25) is 0 Å². The predicted octanol–water partition coefficient (Wildman–Crippen LogP) is 4.37. The van der Waals surface area contributed by atoms with E-state index < -0.39 is 0 Å². The molecule has 1 heterocycles. The minimum atomic E-state index is 0.0477. The van der Waals surface area contributed by atoms with Crippen molar-refractivity contribution in [3.8, 4) is 5.75 Å². The lowest BCUT2D eigenvalue weighted by atomic mass is 9.98. The van der Waals surface area contributed by atoms with Gasteiger partial charge >= 0.3 is 0 Å². The van der Waals surface area contributed by atoms with E-state index in [1.54, 1.807) is 0 Å². The lowest BCUT2D eigenvalue weighted by molar-refractivity contribution is 0.334. The van der Waals surface area contributed by atoms with Gasteiger partial charge in [0.15, 0.2) is 0 Å². The van der Waals surface area contributed by atoms with Gasteiger partial charge in [-0.25, -0.2) is 0 Å². The van der Waals surface area contributed by atoms with Gasteiger partial charge < -0.3 is 14.5 Å². The summed E-state index contributed by atoms with van der Waals surface area (Å²) in [7, 11) is 1.95. The van der Waals surface area contributed by atoms with Gasteiger partial charge in [-0.05, 0) is 52.1 Å². The van der Waals surface area contributed by atoms with E-state index in [2.05, 4.69) is 33.4 Å². The van der Waals surface area contributed by atoms with E-state index in [9.17, 15) is 0 Å². The van der Waals surface area contributed by atoms with Crippen LogP contribution in [0.2, 0.25) is 0 Å². The molecule has 0 amide bonds. The average molecular weight is 338 g/mol. The van der Waals surface area contributed by atoms with Crippen LogP contribution in [0.5, 0.6) is 5.75 Å². The average Bonchev–Trinajstić information content (AvgIpc) is 2.73. The van der Waals surface area contributed by atoms with Crippen molar-refractivity contribution < 1.29 is 9.15 Å². The summed E-state index contributed by atoms with van der Waals surface area (Å²) in [5, 5.41) is 3.35. The molecule has 0 saturated carbocycles. The summed E-state index contributed by atoms with van der Waals surface area (Å²) < 4.78 is 12.4. The van der Waals surface area contributed by atoms with Crippen LogP contribution >= 0.6 is 15.9 Å². The zero-order chi connectivity index (χ0) is 14.7. The van der Waals surface area contributed by atoms with Crippen molar-refractivity contribution in [3.05, 3.63) is 51.4 Å². The number of ether oxygens (including phenoxy) is 1. The number of aryl methyl sites for hydroxylation is 2. The molecule has 108 valence electrons. The molecular weight excluding hydrogens is 318 g/mol. The Morgan fingerprint density at radius 1 is 1.25 bits per heavy atom. The van der Waals surface area contributed by atoms with Crippen molar-refractivity contribution in [2.75, 3.05) is 13.7 Å². The Morgan fingerprint density at radius 3 is 2.55 bits per heavy atom. The van der Waals surface area contributed by atoms with Crippen molar-refractivity contribution in [2.24, 2.45) is 0 Å². The van der Waals surface area contributed by atoms with Crippen LogP contribution in [0.25, 0.3) is 0 Å². The Hall–Kier alpha value is -1.26. The van der Waals surface area contributed by atoms with E-state index in [1.165, 1.54) is 0 Å². The second-order valence-electron chi connectivity index (χ2n) is 4.71. The molecule has 0 bridgehead atoms. The molecule has 1 atom stereocenters. The minimum Gasteiger partial charge on any atom is -0.494 e. The molecule has 1 N–H and O–H groups in total. The van der Waals surface area contributed by atoms with Gasteiger partial charge in [0.05, 0.1) is 12.6 Å². The Balaban J connectivity index is 2.51. The Kier molecular flexibility index (Phi) is 4.89. The van der Waals surface area contributed by atoms with Crippen molar-refractivity contribution in [2.45, 2.75) is 26.8 Å². The van der Waals surface area contributed by atoms with E-state index in [0.717, 1.165) is 32.9 Å². The summed E-state index contributed by atoms with van der Waals surface area (Å²) in [6.07, 6.45) is 0. The van der Waals surface area contributed by atoms with Crippen molar-refractivity contribution in [3.63, 3.8) is 0 Å². The van der Waals surface area contributed by atoms with Crippen molar-refractivity contribution in [1.29, 1.82) is 0 Å². The highest BCUT2D eigenvalue weighted by atomic mass is 79.9. The van der Waals surface area contributed by atoms with Crippen LogP contribution in [0.1, 0.15) is 35.6 Å². The number of rotatable bonds is 5. The molecule has 0 aliphatic rings. The topological polar surface area (TPSA) is 34.4 Å². The highest BCUT2D eigenvalue weighted by Gasteiger charge is 2.21. The highest BCUT2D eigenvalue weighted by molar-refractivity contribution is 9.10. The standard InChI is InChI=1S/C16H20BrNO2/c1-5-19-15-7-6-12(17)9-14(15)16(18-4)13-8-10(2)20-11(13)3/h6-9,16,18H,5H2,1-4H3. The lowest BCUT2D eigenvalue weighted by Gasteiger charge is -2.20. The maximum absolute atomic E-state index is 5.75. The van der Waals surface area contributed by atoms with E-state index in [-0.39, 0.29) is 6.04 Å². The van der Waals surface area contributed by atoms with Gasteiger partial charge in [-0.2, -0.15) is 0 Å². The Labute approximate surface area is 128 Å². The molecule has 0 saturated heterocycles. The largest absolute Gasteiger partial charge is 0.494 e. The van der Waals surface area contributed by atoms with Crippen LogP contribution in [0.4, 0.5) is 0 Å². The fourth-order valence-corrected chi connectivity index (χ4v) is 2.83. The zero-order valence-electron chi connectivity index (χ0n) is 12.3. The fraction of sp³-hybridized carbons (Fsp3) is 0.375. The molecule has 1 unspecified atom stereocenters.